The number of aromatic nitrogens is 1. The van der Waals surface area contributed by atoms with E-state index in [9.17, 15) is 13.2 Å². The van der Waals surface area contributed by atoms with Gasteiger partial charge in [0.15, 0.2) is 5.82 Å². The lowest BCUT2D eigenvalue weighted by atomic mass is 9.90. The molecule has 30 heavy (non-hydrogen) atoms. The maximum absolute atomic E-state index is 12.3. The molecule has 0 unspecified atom stereocenters. The van der Waals surface area contributed by atoms with E-state index < -0.39 is 6.36 Å². The second kappa shape index (κ2) is 8.26. The first-order valence-electron chi connectivity index (χ1n) is 9.76. The van der Waals surface area contributed by atoms with Crippen LogP contribution >= 0.6 is 11.6 Å². The monoisotopic (exact) mass is 438 g/mol. The Morgan fingerprint density at radius 1 is 1.10 bits per heavy atom. The van der Waals surface area contributed by atoms with E-state index in [1.54, 1.807) is 18.3 Å². The zero-order valence-electron chi connectivity index (χ0n) is 16.4. The Hall–Kier alpha value is -2.61. The molecule has 0 bridgehead atoms. The summed E-state index contributed by atoms with van der Waals surface area (Å²) in [7, 11) is 1.97. The van der Waals surface area contributed by atoms with Crippen LogP contribution < -0.4 is 19.9 Å². The van der Waals surface area contributed by atoms with Crippen molar-refractivity contribution in [2.45, 2.75) is 44.1 Å². The number of halogens is 4. The molecule has 0 amide bonds. The molecular weight excluding hydrogens is 417 g/mol. The van der Waals surface area contributed by atoms with Crippen molar-refractivity contribution >= 4 is 28.8 Å². The van der Waals surface area contributed by atoms with Crippen molar-refractivity contribution in [2.24, 2.45) is 0 Å². The van der Waals surface area contributed by atoms with Gasteiger partial charge in [-0.2, -0.15) is 0 Å². The SMILES string of the molecule is CN1C=CN(C2CCC(Nc3ccc(OC(F)(F)F)cc3)CC2)c2ncc(Cl)cc21. The number of hydrogen-bond acceptors (Lipinski definition) is 5. The van der Waals surface area contributed by atoms with Crippen molar-refractivity contribution in [3.63, 3.8) is 0 Å². The van der Waals surface area contributed by atoms with E-state index in [-0.39, 0.29) is 11.8 Å². The van der Waals surface area contributed by atoms with Crippen molar-refractivity contribution in [2.75, 3.05) is 22.2 Å². The molecule has 1 aliphatic heterocycles. The molecular formula is C21H22ClF3N4O. The summed E-state index contributed by atoms with van der Waals surface area (Å²) in [5.41, 5.74) is 1.76. The van der Waals surface area contributed by atoms with E-state index in [0.717, 1.165) is 42.9 Å². The van der Waals surface area contributed by atoms with Crippen LogP contribution in [0.4, 0.5) is 30.4 Å². The van der Waals surface area contributed by atoms with Gasteiger partial charge in [0.2, 0.25) is 0 Å². The molecule has 1 saturated carbocycles. The van der Waals surface area contributed by atoms with E-state index in [1.165, 1.54) is 12.1 Å². The highest BCUT2D eigenvalue weighted by Gasteiger charge is 2.31. The zero-order valence-corrected chi connectivity index (χ0v) is 17.1. The smallest absolute Gasteiger partial charge is 0.406 e. The number of pyridine rings is 1. The van der Waals surface area contributed by atoms with Crippen LogP contribution in [0.25, 0.3) is 0 Å². The van der Waals surface area contributed by atoms with Crippen LogP contribution in [-0.2, 0) is 0 Å². The molecule has 0 saturated heterocycles. The molecule has 1 N–H and O–H groups in total. The standard InChI is InChI=1S/C21H22ClF3N4O/c1-28-10-11-29(20-19(28)12-14(22)13-26-20)17-6-2-15(3-7-17)27-16-4-8-18(9-5-16)30-21(23,24)25/h4-5,8-13,15,17,27H,2-3,6-7H2,1H3. The van der Waals surface area contributed by atoms with Crippen LogP contribution in [0.3, 0.4) is 0 Å². The summed E-state index contributed by atoms with van der Waals surface area (Å²) in [5.74, 6) is 0.686. The van der Waals surface area contributed by atoms with Crippen molar-refractivity contribution in [3.8, 4) is 5.75 Å². The van der Waals surface area contributed by atoms with Gasteiger partial charge in [0.1, 0.15) is 5.75 Å². The lowest BCUT2D eigenvalue weighted by Crippen LogP contribution is -2.40. The molecule has 1 aliphatic carbocycles. The summed E-state index contributed by atoms with van der Waals surface area (Å²) in [4.78, 5) is 8.76. The first kappa shape index (κ1) is 20.7. The van der Waals surface area contributed by atoms with E-state index in [0.29, 0.717) is 11.1 Å². The number of benzene rings is 1. The molecule has 1 aromatic carbocycles. The summed E-state index contributed by atoms with van der Waals surface area (Å²) < 4.78 is 40.7. The van der Waals surface area contributed by atoms with Crippen LogP contribution in [0.1, 0.15) is 25.7 Å². The lowest BCUT2D eigenvalue weighted by Gasteiger charge is -2.39. The average Bonchev–Trinajstić information content (AvgIpc) is 2.70. The predicted octanol–water partition coefficient (Wildman–Crippen LogP) is 5.78. The lowest BCUT2D eigenvalue weighted by molar-refractivity contribution is -0.274. The molecule has 9 heteroatoms. The fourth-order valence-corrected chi connectivity index (χ4v) is 4.14. The number of ether oxygens (including phenoxy) is 1. The number of hydrogen-bond donors (Lipinski definition) is 1. The molecule has 5 nitrogen and oxygen atoms in total. The van der Waals surface area contributed by atoms with Crippen LogP contribution in [0.15, 0.2) is 48.9 Å². The van der Waals surface area contributed by atoms with Crippen LogP contribution in [0, 0.1) is 0 Å². The molecule has 0 spiro atoms. The summed E-state index contributed by atoms with van der Waals surface area (Å²) in [5, 5.41) is 4.02. The van der Waals surface area contributed by atoms with Gasteiger partial charge < -0.3 is 19.9 Å². The molecule has 1 fully saturated rings. The molecule has 160 valence electrons. The van der Waals surface area contributed by atoms with Gasteiger partial charge in [-0.25, -0.2) is 4.98 Å². The molecule has 2 aliphatic rings. The molecule has 2 heterocycles. The van der Waals surface area contributed by atoms with Gasteiger partial charge in [0.25, 0.3) is 0 Å². The highest BCUT2D eigenvalue weighted by molar-refractivity contribution is 6.30. The zero-order chi connectivity index (χ0) is 21.3. The van der Waals surface area contributed by atoms with Crippen molar-refractivity contribution in [3.05, 3.63) is 54.0 Å². The van der Waals surface area contributed by atoms with Crippen LogP contribution in [-0.4, -0.2) is 30.5 Å². The van der Waals surface area contributed by atoms with Gasteiger partial charge in [0.05, 0.1) is 10.7 Å². The van der Waals surface area contributed by atoms with E-state index in [2.05, 4.69) is 26.1 Å². The fourth-order valence-electron chi connectivity index (χ4n) is 3.98. The number of nitrogens with zero attached hydrogens (tertiary/aromatic N) is 3. The van der Waals surface area contributed by atoms with E-state index >= 15 is 0 Å². The molecule has 1 aromatic heterocycles. The Kier molecular flexibility index (Phi) is 5.69. The summed E-state index contributed by atoms with van der Waals surface area (Å²) >= 11 is 6.11. The predicted molar refractivity (Wildman–Crippen MR) is 112 cm³/mol. The summed E-state index contributed by atoms with van der Waals surface area (Å²) in [6.45, 7) is 0. The normalized spacial score (nSPS) is 21.4. The molecule has 0 radical (unpaired) electrons. The third-order valence-corrected chi connectivity index (χ3v) is 5.64. The van der Waals surface area contributed by atoms with Gasteiger partial charge in [-0.1, -0.05) is 11.6 Å². The number of fused-ring (bicyclic) bond motifs is 1. The maximum atomic E-state index is 12.3. The molecule has 4 rings (SSSR count). The number of nitrogens with one attached hydrogen (secondary N) is 1. The first-order chi connectivity index (χ1) is 14.3. The first-order valence-corrected chi connectivity index (χ1v) is 10.1. The molecule has 0 atom stereocenters. The number of rotatable bonds is 4. The average molecular weight is 439 g/mol. The van der Waals surface area contributed by atoms with Crippen LogP contribution in [0.2, 0.25) is 5.02 Å². The van der Waals surface area contributed by atoms with Gasteiger partial charge >= 0.3 is 6.36 Å². The second-order valence-electron chi connectivity index (χ2n) is 7.53. The Balaban J connectivity index is 1.35. The Morgan fingerprint density at radius 2 is 1.80 bits per heavy atom. The minimum Gasteiger partial charge on any atom is -0.406 e. The fraction of sp³-hybridized carbons (Fsp3) is 0.381. The second-order valence-corrected chi connectivity index (χ2v) is 7.97. The third-order valence-electron chi connectivity index (χ3n) is 5.44. The van der Waals surface area contributed by atoms with Gasteiger partial charge in [-0.05, 0) is 56.0 Å². The Labute approximate surface area is 178 Å². The van der Waals surface area contributed by atoms with Crippen molar-refractivity contribution in [1.82, 2.24) is 4.98 Å². The van der Waals surface area contributed by atoms with Gasteiger partial charge in [-0.3, -0.25) is 0 Å². The minimum absolute atomic E-state index is 0.218. The molecule has 2 aromatic rings. The minimum atomic E-state index is -4.68. The largest absolute Gasteiger partial charge is 0.573 e. The van der Waals surface area contributed by atoms with Crippen molar-refractivity contribution < 1.29 is 17.9 Å². The van der Waals surface area contributed by atoms with Crippen LogP contribution in [0.5, 0.6) is 5.75 Å². The van der Waals surface area contributed by atoms with Crippen molar-refractivity contribution in [1.29, 1.82) is 0 Å². The Bertz CT molecular complexity index is 911. The number of anilines is 3. The third kappa shape index (κ3) is 4.75. The van der Waals surface area contributed by atoms with E-state index in [1.807, 2.05) is 24.2 Å². The number of alkyl halides is 3. The van der Waals surface area contributed by atoms with Gasteiger partial charge in [0, 0.05) is 43.4 Å². The van der Waals surface area contributed by atoms with E-state index in [4.69, 9.17) is 11.6 Å². The quantitative estimate of drug-likeness (QED) is 0.654. The topological polar surface area (TPSA) is 40.6 Å². The summed E-state index contributed by atoms with van der Waals surface area (Å²) in [6, 6.07) is 8.39. The highest BCUT2D eigenvalue weighted by Crippen LogP contribution is 2.37. The highest BCUT2D eigenvalue weighted by atomic mass is 35.5. The maximum Gasteiger partial charge on any atom is 0.573 e. The Morgan fingerprint density at radius 3 is 2.47 bits per heavy atom. The summed E-state index contributed by atoms with van der Waals surface area (Å²) in [6.07, 6.45) is 4.92. The van der Waals surface area contributed by atoms with Gasteiger partial charge in [-0.15, -0.1) is 13.2 Å².